The molecule has 0 aliphatic carbocycles. The first-order chi connectivity index (χ1) is 10.8. The van der Waals surface area contributed by atoms with Gasteiger partial charge in [-0.15, -0.1) is 0 Å². The van der Waals surface area contributed by atoms with Crippen LogP contribution in [0.15, 0.2) is 53.1 Å². The smallest absolute Gasteiger partial charge is 0.231 e. The van der Waals surface area contributed by atoms with E-state index in [9.17, 15) is 0 Å². The number of rotatable bonds is 5. The van der Waals surface area contributed by atoms with Crippen molar-refractivity contribution in [3.05, 3.63) is 60.0 Å². The molecular weight excluding hydrogens is 280 g/mol. The largest absolute Gasteiger partial charge is 0.497 e. The van der Waals surface area contributed by atoms with Gasteiger partial charge in [-0.3, -0.25) is 0 Å². The molecule has 5 heteroatoms. The Bertz CT molecular complexity index is 751. The highest BCUT2D eigenvalue weighted by molar-refractivity contribution is 5.56. The summed E-state index contributed by atoms with van der Waals surface area (Å²) in [6.07, 6.45) is 0.584. The third-order valence-corrected chi connectivity index (χ3v) is 3.31. The summed E-state index contributed by atoms with van der Waals surface area (Å²) in [4.78, 5) is 4.43. The van der Waals surface area contributed by atoms with Crippen molar-refractivity contribution in [1.29, 1.82) is 0 Å². The van der Waals surface area contributed by atoms with E-state index in [1.54, 1.807) is 14.2 Å². The standard InChI is InChI=1S/C17H16N2O3/c1-20-14-8-6-12(7-9-14)10-16-18-17(19-22-16)13-4-3-5-15(11-13)21-2/h3-9,11H,10H2,1-2H3. The van der Waals surface area contributed by atoms with Crippen LogP contribution in [-0.4, -0.2) is 24.4 Å². The van der Waals surface area contributed by atoms with Gasteiger partial charge in [0.1, 0.15) is 11.5 Å². The van der Waals surface area contributed by atoms with E-state index in [0.29, 0.717) is 18.1 Å². The lowest BCUT2D eigenvalue weighted by molar-refractivity contribution is 0.385. The topological polar surface area (TPSA) is 57.4 Å². The highest BCUT2D eigenvalue weighted by Crippen LogP contribution is 2.22. The van der Waals surface area contributed by atoms with Crippen LogP contribution < -0.4 is 9.47 Å². The molecule has 1 aromatic heterocycles. The molecule has 0 saturated heterocycles. The van der Waals surface area contributed by atoms with Crippen molar-refractivity contribution in [2.24, 2.45) is 0 Å². The van der Waals surface area contributed by atoms with Crippen LogP contribution in [0.2, 0.25) is 0 Å². The lowest BCUT2D eigenvalue weighted by atomic mass is 10.1. The van der Waals surface area contributed by atoms with Crippen molar-refractivity contribution in [3.8, 4) is 22.9 Å². The maximum absolute atomic E-state index is 5.32. The van der Waals surface area contributed by atoms with Gasteiger partial charge in [-0.05, 0) is 29.8 Å². The van der Waals surface area contributed by atoms with Crippen molar-refractivity contribution in [2.45, 2.75) is 6.42 Å². The normalized spacial score (nSPS) is 10.5. The average Bonchev–Trinajstić information content (AvgIpc) is 3.04. The average molecular weight is 296 g/mol. The molecule has 1 heterocycles. The van der Waals surface area contributed by atoms with E-state index in [4.69, 9.17) is 14.0 Å². The van der Waals surface area contributed by atoms with Crippen LogP contribution in [0.5, 0.6) is 11.5 Å². The molecule has 0 bridgehead atoms. The van der Waals surface area contributed by atoms with Crippen LogP contribution in [0.3, 0.4) is 0 Å². The SMILES string of the molecule is COc1ccc(Cc2nc(-c3cccc(OC)c3)no2)cc1. The van der Waals surface area contributed by atoms with Gasteiger partial charge in [-0.1, -0.05) is 29.4 Å². The Labute approximate surface area is 128 Å². The molecule has 112 valence electrons. The number of benzene rings is 2. The summed E-state index contributed by atoms with van der Waals surface area (Å²) in [5.74, 6) is 2.72. The first-order valence-electron chi connectivity index (χ1n) is 6.88. The predicted octanol–water partition coefficient (Wildman–Crippen LogP) is 3.34. The second kappa shape index (κ2) is 6.30. The van der Waals surface area contributed by atoms with E-state index < -0.39 is 0 Å². The molecule has 0 spiro atoms. The zero-order valence-electron chi connectivity index (χ0n) is 12.4. The van der Waals surface area contributed by atoms with Crippen molar-refractivity contribution < 1.29 is 14.0 Å². The summed E-state index contributed by atoms with van der Waals surface area (Å²) >= 11 is 0. The molecule has 0 aliphatic rings. The Hall–Kier alpha value is -2.82. The molecule has 0 amide bonds. The molecule has 0 atom stereocenters. The highest BCUT2D eigenvalue weighted by atomic mass is 16.5. The van der Waals surface area contributed by atoms with Crippen LogP contribution >= 0.6 is 0 Å². The van der Waals surface area contributed by atoms with Crippen molar-refractivity contribution >= 4 is 0 Å². The van der Waals surface area contributed by atoms with Gasteiger partial charge in [0.05, 0.1) is 20.6 Å². The van der Waals surface area contributed by atoms with Crippen LogP contribution in [-0.2, 0) is 6.42 Å². The molecule has 3 rings (SSSR count). The van der Waals surface area contributed by atoms with E-state index >= 15 is 0 Å². The summed E-state index contributed by atoms with van der Waals surface area (Å²) in [7, 11) is 3.28. The van der Waals surface area contributed by atoms with Crippen LogP contribution in [0, 0.1) is 0 Å². The summed E-state index contributed by atoms with van der Waals surface area (Å²) in [6.45, 7) is 0. The monoisotopic (exact) mass is 296 g/mol. The first-order valence-corrected chi connectivity index (χ1v) is 6.88. The number of hydrogen-bond donors (Lipinski definition) is 0. The summed E-state index contributed by atoms with van der Waals surface area (Å²) < 4.78 is 15.7. The van der Waals surface area contributed by atoms with E-state index in [1.165, 1.54) is 0 Å². The molecule has 22 heavy (non-hydrogen) atoms. The fraction of sp³-hybridized carbons (Fsp3) is 0.176. The summed E-state index contributed by atoms with van der Waals surface area (Å²) in [6, 6.07) is 15.4. The van der Waals surface area contributed by atoms with Gasteiger partial charge in [-0.2, -0.15) is 4.98 Å². The van der Waals surface area contributed by atoms with Crippen molar-refractivity contribution in [1.82, 2.24) is 10.1 Å². The number of aromatic nitrogens is 2. The molecule has 3 aromatic rings. The van der Waals surface area contributed by atoms with Crippen molar-refractivity contribution in [3.63, 3.8) is 0 Å². The first kappa shape index (κ1) is 14.1. The Morgan fingerprint density at radius 3 is 2.45 bits per heavy atom. The third-order valence-electron chi connectivity index (χ3n) is 3.31. The van der Waals surface area contributed by atoms with Crippen LogP contribution in [0.4, 0.5) is 0 Å². The zero-order valence-corrected chi connectivity index (χ0v) is 12.4. The molecule has 0 unspecified atom stereocenters. The number of ether oxygens (including phenoxy) is 2. The highest BCUT2D eigenvalue weighted by Gasteiger charge is 2.10. The van der Waals surface area contributed by atoms with E-state index in [-0.39, 0.29) is 0 Å². The Morgan fingerprint density at radius 1 is 0.955 bits per heavy atom. The molecule has 0 radical (unpaired) electrons. The lowest BCUT2D eigenvalue weighted by Gasteiger charge is -2.00. The molecule has 0 N–H and O–H groups in total. The second-order valence-corrected chi connectivity index (χ2v) is 4.77. The van der Waals surface area contributed by atoms with Gasteiger partial charge in [-0.25, -0.2) is 0 Å². The van der Waals surface area contributed by atoms with Gasteiger partial charge < -0.3 is 14.0 Å². The van der Waals surface area contributed by atoms with Crippen molar-refractivity contribution in [2.75, 3.05) is 14.2 Å². The van der Waals surface area contributed by atoms with E-state index in [2.05, 4.69) is 10.1 Å². The summed E-state index contributed by atoms with van der Waals surface area (Å²) in [5.41, 5.74) is 1.95. The van der Waals surface area contributed by atoms with Gasteiger partial charge >= 0.3 is 0 Å². The van der Waals surface area contributed by atoms with E-state index in [0.717, 1.165) is 22.6 Å². The maximum Gasteiger partial charge on any atom is 0.231 e. The minimum absolute atomic E-state index is 0.558. The van der Waals surface area contributed by atoms with Crippen LogP contribution in [0.25, 0.3) is 11.4 Å². The number of hydrogen-bond acceptors (Lipinski definition) is 5. The predicted molar refractivity (Wildman–Crippen MR) is 82.1 cm³/mol. The number of methoxy groups -OCH3 is 2. The zero-order chi connectivity index (χ0) is 15.4. The Morgan fingerprint density at radius 2 is 1.73 bits per heavy atom. The number of nitrogens with zero attached hydrogens (tertiary/aromatic N) is 2. The molecule has 2 aromatic carbocycles. The molecule has 0 saturated carbocycles. The Kier molecular flexibility index (Phi) is 4.05. The van der Waals surface area contributed by atoms with Gasteiger partial charge in [0.25, 0.3) is 0 Å². The molecule has 0 fully saturated rings. The van der Waals surface area contributed by atoms with Gasteiger partial charge in [0, 0.05) is 5.56 Å². The quantitative estimate of drug-likeness (QED) is 0.722. The minimum Gasteiger partial charge on any atom is -0.497 e. The van der Waals surface area contributed by atoms with Gasteiger partial charge in [0.2, 0.25) is 11.7 Å². The fourth-order valence-electron chi connectivity index (χ4n) is 2.12. The minimum atomic E-state index is 0.558. The van der Waals surface area contributed by atoms with Crippen LogP contribution in [0.1, 0.15) is 11.5 Å². The molecule has 0 aliphatic heterocycles. The maximum atomic E-state index is 5.32. The summed E-state index contributed by atoms with van der Waals surface area (Å²) in [5, 5.41) is 4.03. The van der Waals surface area contributed by atoms with Gasteiger partial charge in [0.15, 0.2) is 0 Å². The van der Waals surface area contributed by atoms with E-state index in [1.807, 2.05) is 48.5 Å². The molecule has 5 nitrogen and oxygen atoms in total. The third kappa shape index (κ3) is 3.09. The lowest BCUT2D eigenvalue weighted by Crippen LogP contribution is -1.90. The fourth-order valence-corrected chi connectivity index (χ4v) is 2.12. The Balaban J connectivity index is 1.77. The second-order valence-electron chi connectivity index (χ2n) is 4.77. The molecular formula is C17H16N2O3.